The number of hydrogen-bond acceptors (Lipinski definition) is 5. The van der Waals surface area contributed by atoms with Gasteiger partial charge in [-0.15, -0.1) is 0 Å². The highest BCUT2D eigenvalue weighted by molar-refractivity contribution is 6.42. The predicted molar refractivity (Wildman–Crippen MR) is 109 cm³/mol. The van der Waals surface area contributed by atoms with Crippen molar-refractivity contribution in [2.75, 3.05) is 32.1 Å². The van der Waals surface area contributed by atoms with Crippen LogP contribution in [0, 0.1) is 0 Å². The minimum absolute atomic E-state index is 0.0927. The number of halogens is 2. The van der Waals surface area contributed by atoms with Gasteiger partial charge in [0.2, 0.25) is 5.91 Å². The molecule has 0 unspecified atom stereocenters. The van der Waals surface area contributed by atoms with E-state index in [2.05, 4.69) is 10.6 Å². The first-order valence-electron chi connectivity index (χ1n) is 9.52. The average Bonchev–Trinajstić information content (AvgIpc) is 2.68. The van der Waals surface area contributed by atoms with E-state index in [4.69, 9.17) is 32.7 Å². The van der Waals surface area contributed by atoms with Gasteiger partial charge in [-0.2, -0.15) is 0 Å². The van der Waals surface area contributed by atoms with Gasteiger partial charge in [0, 0.05) is 12.7 Å². The fourth-order valence-electron chi connectivity index (χ4n) is 3.65. The van der Waals surface area contributed by atoms with E-state index in [-0.39, 0.29) is 56.4 Å². The second-order valence-electron chi connectivity index (χ2n) is 7.22. The number of fused-ring (bicyclic) bond motifs is 1. The van der Waals surface area contributed by atoms with Crippen molar-refractivity contribution in [1.82, 2.24) is 10.2 Å². The van der Waals surface area contributed by atoms with Gasteiger partial charge in [-0.3, -0.25) is 4.79 Å². The first kappa shape index (κ1) is 22.1. The Morgan fingerprint density at radius 2 is 2.03 bits per heavy atom. The number of ether oxygens (including phenoxy) is 2. The zero-order valence-corrected chi connectivity index (χ0v) is 17.6. The summed E-state index contributed by atoms with van der Waals surface area (Å²) in [6, 6.07) is 4.18. The predicted octanol–water partition coefficient (Wildman–Crippen LogP) is 2.27. The summed E-state index contributed by atoms with van der Waals surface area (Å²) in [5.41, 5.74) is 0.503. The fourth-order valence-corrected chi connectivity index (χ4v) is 3.95. The Bertz CT molecular complexity index is 751. The number of aliphatic hydroxyl groups excluding tert-OH is 1. The second kappa shape index (κ2) is 9.95. The molecule has 0 aliphatic carbocycles. The van der Waals surface area contributed by atoms with E-state index in [1.807, 2.05) is 0 Å². The van der Waals surface area contributed by atoms with E-state index in [9.17, 15) is 14.7 Å². The Balaban J connectivity index is 1.73. The van der Waals surface area contributed by atoms with Crippen molar-refractivity contribution in [1.29, 1.82) is 0 Å². The van der Waals surface area contributed by atoms with Crippen LogP contribution in [0.15, 0.2) is 18.2 Å². The number of aliphatic hydroxyl groups is 1. The van der Waals surface area contributed by atoms with Crippen LogP contribution in [0.4, 0.5) is 10.5 Å². The quantitative estimate of drug-likeness (QED) is 0.662. The highest BCUT2D eigenvalue weighted by Gasteiger charge is 2.40. The maximum Gasteiger partial charge on any atom is 0.322 e. The number of nitrogens with zero attached hydrogens (tertiary/aromatic N) is 1. The lowest BCUT2D eigenvalue weighted by molar-refractivity contribution is -0.149. The van der Waals surface area contributed by atoms with Crippen LogP contribution in [0.5, 0.6) is 0 Å². The Morgan fingerprint density at radius 3 is 2.76 bits per heavy atom. The Hall–Kier alpha value is -1.58. The number of β-amino-alcohol motifs (C(OH)–C–C–N with tert-alkyl or cyclic N) is 1. The fraction of sp³-hybridized carbons (Fsp3) is 0.579. The highest BCUT2D eigenvalue weighted by atomic mass is 35.5. The molecule has 29 heavy (non-hydrogen) atoms. The third-order valence-electron chi connectivity index (χ3n) is 5.10. The molecule has 3 rings (SSSR count). The molecule has 8 nitrogen and oxygen atoms in total. The van der Waals surface area contributed by atoms with Crippen molar-refractivity contribution in [2.45, 2.75) is 43.6 Å². The molecule has 0 spiro atoms. The van der Waals surface area contributed by atoms with Crippen molar-refractivity contribution >= 4 is 40.8 Å². The minimum atomic E-state index is -0.806. The molecule has 3 N–H and O–H groups in total. The first-order chi connectivity index (χ1) is 13.9. The number of urea groups is 1. The summed E-state index contributed by atoms with van der Waals surface area (Å²) < 4.78 is 11.6. The number of anilines is 1. The second-order valence-corrected chi connectivity index (χ2v) is 8.04. The number of rotatable bonds is 3. The highest BCUT2D eigenvalue weighted by Crippen LogP contribution is 2.29. The van der Waals surface area contributed by atoms with Crippen molar-refractivity contribution < 1.29 is 24.2 Å². The molecule has 0 saturated carbocycles. The Labute approximate surface area is 179 Å². The molecule has 2 aliphatic rings. The molecule has 3 amide bonds. The van der Waals surface area contributed by atoms with Gasteiger partial charge in [0.1, 0.15) is 6.10 Å². The normalized spacial score (nSPS) is 27.4. The van der Waals surface area contributed by atoms with E-state index in [1.165, 1.54) is 0 Å². The van der Waals surface area contributed by atoms with Crippen LogP contribution in [0.2, 0.25) is 10.0 Å². The molecular formula is C19H25Cl2N3O5. The van der Waals surface area contributed by atoms with Crippen LogP contribution in [-0.4, -0.2) is 73.1 Å². The molecule has 2 heterocycles. The van der Waals surface area contributed by atoms with E-state index < -0.39 is 6.10 Å². The molecular weight excluding hydrogens is 421 g/mol. The summed E-state index contributed by atoms with van der Waals surface area (Å²) in [5, 5.41) is 16.3. The summed E-state index contributed by atoms with van der Waals surface area (Å²) in [5.74, 6) is -0.0927. The summed E-state index contributed by atoms with van der Waals surface area (Å²) in [6.45, 7) is 0.448. The number of carbonyl (C=O) groups is 2. The number of hydrogen-bond donors (Lipinski definition) is 3. The zero-order valence-electron chi connectivity index (χ0n) is 16.1. The van der Waals surface area contributed by atoms with E-state index in [1.54, 1.807) is 30.1 Å². The molecule has 10 heteroatoms. The van der Waals surface area contributed by atoms with Crippen molar-refractivity contribution in [2.24, 2.45) is 0 Å². The van der Waals surface area contributed by atoms with Crippen LogP contribution in [0.1, 0.15) is 19.3 Å². The summed E-state index contributed by atoms with van der Waals surface area (Å²) in [6.07, 6.45) is 0.102. The number of carbonyl (C=O) groups excluding carboxylic acids is 2. The number of benzene rings is 1. The van der Waals surface area contributed by atoms with Crippen LogP contribution in [-0.2, 0) is 14.3 Å². The molecule has 0 radical (unpaired) electrons. The minimum Gasteiger partial charge on any atom is -0.389 e. The van der Waals surface area contributed by atoms with Gasteiger partial charge in [0.15, 0.2) is 0 Å². The van der Waals surface area contributed by atoms with Crippen molar-refractivity contribution in [3.8, 4) is 0 Å². The standard InChI is InChI=1S/C19H25Cl2N3O5/c1-22-18(26)7-13-3-5-16-17(29-13)10-28-9-12(25)8-24(16)19(27)23-11-2-4-14(20)15(21)6-11/h2,4,6,12-13,16-17,25H,3,5,7-10H2,1H3,(H,22,26)(H,23,27)/t12-,13+,16+,17-/m1/s1. The molecule has 2 aliphatic heterocycles. The smallest absolute Gasteiger partial charge is 0.322 e. The van der Waals surface area contributed by atoms with Gasteiger partial charge >= 0.3 is 6.03 Å². The number of nitrogens with one attached hydrogen (secondary N) is 2. The zero-order chi connectivity index (χ0) is 21.0. The Morgan fingerprint density at radius 1 is 1.24 bits per heavy atom. The third-order valence-corrected chi connectivity index (χ3v) is 5.84. The molecule has 160 valence electrons. The molecule has 1 aromatic rings. The molecule has 0 aromatic heterocycles. The van der Waals surface area contributed by atoms with Crippen LogP contribution in [0.25, 0.3) is 0 Å². The lowest BCUT2D eigenvalue weighted by atomic mass is 9.95. The van der Waals surface area contributed by atoms with Gasteiger partial charge in [0.05, 0.1) is 54.5 Å². The molecule has 0 bridgehead atoms. The summed E-state index contributed by atoms with van der Waals surface area (Å²) >= 11 is 12.0. The van der Waals surface area contributed by atoms with Gasteiger partial charge in [-0.25, -0.2) is 4.79 Å². The van der Waals surface area contributed by atoms with Crippen LogP contribution in [0.3, 0.4) is 0 Å². The first-order valence-corrected chi connectivity index (χ1v) is 10.3. The molecule has 2 fully saturated rings. The molecule has 1 aromatic carbocycles. The van der Waals surface area contributed by atoms with Crippen molar-refractivity contribution in [3.05, 3.63) is 28.2 Å². The largest absolute Gasteiger partial charge is 0.389 e. The molecule has 4 atom stereocenters. The van der Waals surface area contributed by atoms with E-state index in [0.29, 0.717) is 28.6 Å². The topological polar surface area (TPSA) is 100 Å². The van der Waals surface area contributed by atoms with E-state index >= 15 is 0 Å². The SMILES string of the molecule is CNC(=O)C[C@@H]1CC[C@H]2[C@@H](COC[C@H](O)CN2C(=O)Nc2ccc(Cl)c(Cl)c2)O1. The van der Waals surface area contributed by atoms with E-state index in [0.717, 1.165) is 0 Å². The maximum absolute atomic E-state index is 13.0. The van der Waals surface area contributed by atoms with Crippen molar-refractivity contribution in [3.63, 3.8) is 0 Å². The monoisotopic (exact) mass is 445 g/mol. The van der Waals surface area contributed by atoms with Gasteiger partial charge < -0.3 is 30.1 Å². The van der Waals surface area contributed by atoms with Crippen LogP contribution >= 0.6 is 23.2 Å². The summed E-state index contributed by atoms with van der Waals surface area (Å²) in [4.78, 5) is 26.3. The molecule has 2 saturated heterocycles. The lowest BCUT2D eigenvalue weighted by Gasteiger charge is -2.44. The summed E-state index contributed by atoms with van der Waals surface area (Å²) in [7, 11) is 1.59. The van der Waals surface area contributed by atoms with Gasteiger partial charge in [-0.05, 0) is 31.0 Å². The maximum atomic E-state index is 13.0. The average molecular weight is 446 g/mol. The Kier molecular flexibility index (Phi) is 7.59. The number of amides is 3. The van der Waals surface area contributed by atoms with Crippen LogP contribution < -0.4 is 10.6 Å². The lowest BCUT2D eigenvalue weighted by Crippen LogP contribution is -2.58. The third kappa shape index (κ3) is 5.73. The van der Waals surface area contributed by atoms with Gasteiger partial charge in [-0.1, -0.05) is 23.2 Å². The van der Waals surface area contributed by atoms with Gasteiger partial charge in [0.25, 0.3) is 0 Å².